The Morgan fingerprint density at radius 1 is 1.39 bits per heavy atom. The molecule has 0 aliphatic rings. The summed E-state index contributed by atoms with van der Waals surface area (Å²) >= 11 is 3.36. The van der Waals surface area contributed by atoms with Crippen molar-refractivity contribution in [3.8, 4) is 0 Å². The fraction of sp³-hybridized carbons (Fsp3) is 0.0769. The zero-order valence-corrected chi connectivity index (χ0v) is 11.2. The van der Waals surface area contributed by atoms with Crippen molar-refractivity contribution >= 4 is 27.5 Å². The lowest BCUT2D eigenvalue weighted by Crippen LogP contribution is -2.13. The largest absolute Gasteiger partial charge is 0.319 e. The molecule has 0 saturated carbocycles. The smallest absolute Gasteiger partial charge is 0.255 e. The molecule has 0 bridgehead atoms. The standard InChI is InChI=1S/C13H10BrFN2O/c1-8-6-9(2-3-10(8)14)13(18)17-12-4-5-16-7-11(12)15/h2-7H,1H3,(H,16,17,18). The highest BCUT2D eigenvalue weighted by molar-refractivity contribution is 9.10. The van der Waals surface area contributed by atoms with E-state index in [1.807, 2.05) is 6.92 Å². The number of rotatable bonds is 2. The molecule has 2 aromatic rings. The van der Waals surface area contributed by atoms with E-state index < -0.39 is 5.82 Å². The second-order valence-corrected chi connectivity index (χ2v) is 4.63. The van der Waals surface area contributed by atoms with Gasteiger partial charge in [0, 0.05) is 16.2 Å². The van der Waals surface area contributed by atoms with Crippen LogP contribution in [0.3, 0.4) is 0 Å². The molecule has 1 aromatic carbocycles. The number of aryl methyl sites for hydroxylation is 1. The number of halogens is 2. The number of amides is 1. The van der Waals surface area contributed by atoms with Crippen molar-refractivity contribution in [1.29, 1.82) is 0 Å². The molecule has 1 aromatic heterocycles. The van der Waals surface area contributed by atoms with E-state index >= 15 is 0 Å². The van der Waals surface area contributed by atoms with Crippen molar-refractivity contribution in [2.75, 3.05) is 5.32 Å². The van der Waals surface area contributed by atoms with Crippen LogP contribution in [0.25, 0.3) is 0 Å². The van der Waals surface area contributed by atoms with Crippen molar-refractivity contribution in [2.24, 2.45) is 0 Å². The summed E-state index contributed by atoms with van der Waals surface area (Å²) in [5, 5.41) is 2.50. The maximum atomic E-state index is 13.3. The van der Waals surface area contributed by atoms with Crippen molar-refractivity contribution in [3.05, 3.63) is 58.1 Å². The van der Waals surface area contributed by atoms with Crippen LogP contribution in [0.4, 0.5) is 10.1 Å². The Morgan fingerprint density at radius 3 is 2.83 bits per heavy atom. The van der Waals surface area contributed by atoms with E-state index in [0.717, 1.165) is 16.2 Å². The minimum absolute atomic E-state index is 0.121. The zero-order valence-electron chi connectivity index (χ0n) is 9.58. The number of pyridine rings is 1. The van der Waals surface area contributed by atoms with Gasteiger partial charge in [-0.05, 0) is 36.8 Å². The van der Waals surface area contributed by atoms with Crippen molar-refractivity contribution < 1.29 is 9.18 Å². The molecule has 18 heavy (non-hydrogen) atoms. The first-order chi connectivity index (χ1) is 8.58. The van der Waals surface area contributed by atoms with Crippen LogP contribution < -0.4 is 5.32 Å². The average molecular weight is 309 g/mol. The summed E-state index contributed by atoms with van der Waals surface area (Å²) in [6, 6.07) is 6.61. The van der Waals surface area contributed by atoms with E-state index in [1.54, 1.807) is 18.2 Å². The Bertz CT molecular complexity index is 601. The molecular formula is C13H10BrFN2O. The van der Waals surface area contributed by atoms with Crippen LogP contribution in [0.1, 0.15) is 15.9 Å². The van der Waals surface area contributed by atoms with E-state index in [4.69, 9.17) is 0 Å². The summed E-state index contributed by atoms with van der Waals surface area (Å²) in [6.07, 6.45) is 2.48. The van der Waals surface area contributed by atoms with Crippen LogP contribution in [0.2, 0.25) is 0 Å². The number of benzene rings is 1. The summed E-state index contributed by atoms with van der Waals surface area (Å²) < 4.78 is 14.2. The molecule has 1 N–H and O–H groups in total. The van der Waals surface area contributed by atoms with Crippen LogP contribution in [0.15, 0.2) is 41.1 Å². The maximum Gasteiger partial charge on any atom is 0.255 e. The van der Waals surface area contributed by atoms with Crippen LogP contribution in [0.5, 0.6) is 0 Å². The van der Waals surface area contributed by atoms with Crippen LogP contribution in [0, 0.1) is 12.7 Å². The number of aromatic nitrogens is 1. The van der Waals surface area contributed by atoms with Gasteiger partial charge in [0.05, 0.1) is 11.9 Å². The highest BCUT2D eigenvalue weighted by atomic mass is 79.9. The average Bonchev–Trinajstić information content (AvgIpc) is 2.35. The van der Waals surface area contributed by atoms with Gasteiger partial charge in [-0.15, -0.1) is 0 Å². The molecule has 1 amide bonds. The normalized spacial score (nSPS) is 10.2. The third-order valence-electron chi connectivity index (χ3n) is 2.44. The molecule has 0 saturated heterocycles. The summed E-state index contributed by atoms with van der Waals surface area (Å²) in [4.78, 5) is 15.5. The predicted octanol–water partition coefficient (Wildman–Crippen LogP) is 3.54. The first kappa shape index (κ1) is 12.7. The van der Waals surface area contributed by atoms with Gasteiger partial charge in [0.15, 0.2) is 5.82 Å². The second kappa shape index (κ2) is 5.27. The molecule has 92 valence electrons. The Labute approximate surface area is 112 Å². The number of nitrogens with zero attached hydrogens (tertiary/aromatic N) is 1. The van der Waals surface area contributed by atoms with E-state index in [2.05, 4.69) is 26.2 Å². The van der Waals surface area contributed by atoms with E-state index in [9.17, 15) is 9.18 Å². The van der Waals surface area contributed by atoms with Gasteiger partial charge in [-0.1, -0.05) is 15.9 Å². The van der Waals surface area contributed by atoms with Crippen LogP contribution in [-0.2, 0) is 0 Å². The molecule has 0 radical (unpaired) electrons. The first-order valence-electron chi connectivity index (χ1n) is 5.25. The number of carbonyl (C=O) groups is 1. The molecule has 0 spiro atoms. The molecule has 0 aliphatic carbocycles. The van der Waals surface area contributed by atoms with Gasteiger partial charge in [0.25, 0.3) is 5.91 Å². The minimum Gasteiger partial charge on any atom is -0.319 e. The number of nitrogens with one attached hydrogen (secondary N) is 1. The Morgan fingerprint density at radius 2 is 2.17 bits per heavy atom. The predicted molar refractivity (Wildman–Crippen MR) is 71.0 cm³/mol. The van der Waals surface area contributed by atoms with Crippen LogP contribution >= 0.6 is 15.9 Å². The summed E-state index contributed by atoms with van der Waals surface area (Å²) in [7, 11) is 0. The lowest BCUT2D eigenvalue weighted by atomic mass is 10.1. The molecule has 2 rings (SSSR count). The Balaban J connectivity index is 2.22. The minimum atomic E-state index is -0.556. The number of carbonyl (C=O) groups excluding carboxylic acids is 1. The Kier molecular flexibility index (Phi) is 3.72. The van der Waals surface area contributed by atoms with Crippen molar-refractivity contribution in [2.45, 2.75) is 6.92 Å². The zero-order chi connectivity index (χ0) is 13.1. The molecule has 0 aliphatic heterocycles. The van der Waals surface area contributed by atoms with Gasteiger partial charge in [-0.3, -0.25) is 9.78 Å². The maximum absolute atomic E-state index is 13.3. The van der Waals surface area contributed by atoms with Crippen molar-refractivity contribution in [1.82, 2.24) is 4.98 Å². The summed E-state index contributed by atoms with van der Waals surface area (Å²) in [6.45, 7) is 1.88. The molecular weight excluding hydrogens is 299 g/mol. The van der Waals surface area contributed by atoms with E-state index in [-0.39, 0.29) is 11.6 Å². The third kappa shape index (κ3) is 2.73. The third-order valence-corrected chi connectivity index (χ3v) is 3.33. The highest BCUT2D eigenvalue weighted by Gasteiger charge is 2.09. The van der Waals surface area contributed by atoms with E-state index in [1.165, 1.54) is 12.3 Å². The van der Waals surface area contributed by atoms with Crippen molar-refractivity contribution in [3.63, 3.8) is 0 Å². The lowest BCUT2D eigenvalue weighted by molar-refractivity contribution is 0.102. The van der Waals surface area contributed by atoms with Gasteiger partial charge in [0.2, 0.25) is 0 Å². The monoisotopic (exact) mass is 308 g/mol. The fourth-order valence-corrected chi connectivity index (χ4v) is 1.70. The molecule has 0 atom stereocenters. The van der Waals surface area contributed by atoms with E-state index in [0.29, 0.717) is 5.56 Å². The molecule has 0 fully saturated rings. The number of anilines is 1. The first-order valence-corrected chi connectivity index (χ1v) is 6.04. The summed E-state index contributed by atoms with van der Waals surface area (Å²) in [5.41, 5.74) is 1.54. The van der Waals surface area contributed by atoms with Crippen LogP contribution in [-0.4, -0.2) is 10.9 Å². The quantitative estimate of drug-likeness (QED) is 0.922. The van der Waals surface area contributed by atoms with Gasteiger partial charge < -0.3 is 5.32 Å². The molecule has 1 heterocycles. The van der Waals surface area contributed by atoms with Gasteiger partial charge in [0.1, 0.15) is 0 Å². The number of hydrogen-bond donors (Lipinski definition) is 1. The fourth-order valence-electron chi connectivity index (χ4n) is 1.46. The number of hydrogen-bond acceptors (Lipinski definition) is 2. The molecule has 5 heteroatoms. The SMILES string of the molecule is Cc1cc(C(=O)Nc2ccncc2F)ccc1Br. The lowest BCUT2D eigenvalue weighted by Gasteiger charge is -2.07. The summed E-state index contributed by atoms with van der Waals surface area (Å²) in [5.74, 6) is -0.907. The second-order valence-electron chi connectivity index (χ2n) is 3.77. The van der Waals surface area contributed by atoms with Gasteiger partial charge in [-0.25, -0.2) is 4.39 Å². The molecule has 0 unspecified atom stereocenters. The Hall–Kier alpha value is -1.75. The highest BCUT2D eigenvalue weighted by Crippen LogP contribution is 2.18. The van der Waals surface area contributed by atoms with Gasteiger partial charge >= 0.3 is 0 Å². The molecule has 3 nitrogen and oxygen atoms in total. The van der Waals surface area contributed by atoms with Gasteiger partial charge in [-0.2, -0.15) is 0 Å². The topological polar surface area (TPSA) is 42.0 Å².